The number of nitrogens with zero attached hydrogens (tertiary/aromatic N) is 1. The van der Waals surface area contributed by atoms with Crippen LogP contribution in [0.25, 0.3) is 0 Å². The molecule has 0 fully saturated rings. The molecule has 0 aromatic heterocycles. The molecule has 10 heteroatoms. The normalized spacial score (nSPS) is 12.5. The first-order valence-electron chi connectivity index (χ1n) is 7.87. The van der Waals surface area contributed by atoms with Crippen LogP contribution in [0.3, 0.4) is 0 Å². The van der Waals surface area contributed by atoms with Gasteiger partial charge in [-0.25, -0.2) is 4.99 Å². The number of aliphatic imine (C=N–C) groups is 1. The maximum Gasteiger partial charge on any atom is 0.416 e. The van der Waals surface area contributed by atoms with E-state index in [0.717, 1.165) is 12.1 Å². The van der Waals surface area contributed by atoms with Gasteiger partial charge in [0.2, 0.25) is 0 Å². The highest BCUT2D eigenvalue weighted by Crippen LogP contribution is 2.29. The first-order chi connectivity index (χ1) is 11.6. The van der Waals surface area contributed by atoms with Crippen molar-refractivity contribution in [2.45, 2.75) is 45.1 Å². The summed E-state index contributed by atoms with van der Waals surface area (Å²) in [6, 6.07) is 4.67. The van der Waals surface area contributed by atoms with Crippen molar-refractivity contribution in [2.24, 2.45) is 4.99 Å². The molecule has 0 aliphatic rings. The number of rotatable bonds is 7. The number of nitrogens with one attached hydrogen (secondary N) is 2. The monoisotopic (exact) mass is 497 g/mol. The van der Waals surface area contributed by atoms with E-state index in [9.17, 15) is 26.3 Å². The number of halogens is 7. The summed E-state index contributed by atoms with van der Waals surface area (Å²) in [4.78, 5) is 4.21. The van der Waals surface area contributed by atoms with Gasteiger partial charge in [-0.2, -0.15) is 26.3 Å². The molecule has 1 aromatic rings. The average Bonchev–Trinajstić information content (AvgIpc) is 2.50. The zero-order valence-electron chi connectivity index (χ0n) is 14.2. The fourth-order valence-corrected chi connectivity index (χ4v) is 1.97. The topological polar surface area (TPSA) is 36.4 Å². The summed E-state index contributed by atoms with van der Waals surface area (Å²) >= 11 is 0. The van der Waals surface area contributed by atoms with E-state index in [1.165, 1.54) is 12.1 Å². The van der Waals surface area contributed by atoms with Crippen LogP contribution >= 0.6 is 24.0 Å². The molecular weight excluding hydrogens is 475 g/mol. The van der Waals surface area contributed by atoms with Gasteiger partial charge in [-0.3, -0.25) is 0 Å². The Hall–Kier alpha value is -1.20. The molecule has 0 saturated carbocycles. The predicted molar refractivity (Wildman–Crippen MR) is 99.6 cm³/mol. The molecule has 0 aliphatic carbocycles. The molecule has 0 radical (unpaired) electrons. The fourth-order valence-electron chi connectivity index (χ4n) is 1.97. The lowest BCUT2D eigenvalue weighted by Gasteiger charge is -2.12. The smallest absolute Gasteiger partial charge is 0.357 e. The van der Waals surface area contributed by atoms with Crippen molar-refractivity contribution in [1.29, 1.82) is 0 Å². The summed E-state index contributed by atoms with van der Waals surface area (Å²) < 4.78 is 73.6. The van der Waals surface area contributed by atoms with Crippen LogP contribution in [-0.4, -0.2) is 25.2 Å². The summed E-state index contributed by atoms with van der Waals surface area (Å²) in [7, 11) is 0. The molecule has 2 N–H and O–H groups in total. The second-order valence-corrected chi connectivity index (χ2v) is 5.39. The van der Waals surface area contributed by atoms with Crippen molar-refractivity contribution < 1.29 is 26.3 Å². The molecule has 1 aromatic carbocycles. The Morgan fingerprint density at radius 2 is 1.58 bits per heavy atom. The molecule has 3 nitrogen and oxygen atoms in total. The molecule has 0 unspecified atom stereocenters. The summed E-state index contributed by atoms with van der Waals surface area (Å²) in [6.07, 6.45) is -9.00. The standard InChI is InChI=1S/C16H21F6N3.HI/c1-2-23-14(24-10-4-3-9-15(17,18)19)25-11-12-5-7-13(8-6-12)16(20,21)22;/h5-8H,2-4,9-11H2,1H3,(H2,23,24,25);1H. The Balaban J connectivity index is 0.00000625. The van der Waals surface area contributed by atoms with Crippen molar-refractivity contribution in [1.82, 2.24) is 10.6 Å². The van der Waals surface area contributed by atoms with E-state index in [1.54, 1.807) is 0 Å². The first kappa shape index (κ1) is 24.8. The molecule has 0 saturated heterocycles. The zero-order valence-corrected chi connectivity index (χ0v) is 16.5. The van der Waals surface area contributed by atoms with Crippen molar-refractivity contribution in [3.05, 3.63) is 35.4 Å². The van der Waals surface area contributed by atoms with Gasteiger partial charge >= 0.3 is 12.4 Å². The Bertz CT molecular complexity index is 540. The Morgan fingerprint density at radius 3 is 2.08 bits per heavy atom. The molecule has 0 spiro atoms. The van der Waals surface area contributed by atoms with E-state index in [4.69, 9.17) is 0 Å². The molecule has 0 aliphatic heterocycles. The zero-order chi connectivity index (χ0) is 18.9. The lowest BCUT2D eigenvalue weighted by atomic mass is 10.1. The lowest BCUT2D eigenvalue weighted by Crippen LogP contribution is -2.37. The van der Waals surface area contributed by atoms with Crippen LogP contribution in [0, 0.1) is 0 Å². The molecule has 0 atom stereocenters. The Labute approximate surface area is 165 Å². The van der Waals surface area contributed by atoms with E-state index in [1.807, 2.05) is 6.92 Å². The van der Waals surface area contributed by atoms with E-state index in [2.05, 4.69) is 15.6 Å². The fraction of sp³-hybridized carbons (Fsp3) is 0.562. The van der Waals surface area contributed by atoms with Gasteiger partial charge in [-0.1, -0.05) is 12.1 Å². The molecule has 0 amide bonds. The summed E-state index contributed by atoms with van der Waals surface area (Å²) in [6.45, 7) is 2.88. The Morgan fingerprint density at radius 1 is 0.962 bits per heavy atom. The van der Waals surface area contributed by atoms with E-state index >= 15 is 0 Å². The minimum atomic E-state index is -4.38. The summed E-state index contributed by atoms with van der Waals surface area (Å²) in [5.74, 6) is 0.411. The maximum atomic E-state index is 12.5. The van der Waals surface area contributed by atoms with Gasteiger partial charge in [-0.05, 0) is 37.5 Å². The Kier molecular flexibility index (Phi) is 11.0. The third-order valence-electron chi connectivity index (χ3n) is 3.22. The van der Waals surface area contributed by atoms with Gasteiger partial charge in [0.15, 0.2) is 5.96 Å². The van der Waals surface area contributed by atoms with Gasteiger partial charge < -0.3 is 10.6 Å². The second-order valence-electron chi connectivity index (χ2n) is 5.39. The predicted octanol–water partition coefficient (Wildman–Crippen LogP) is 5.11. The molecule has 150 valence electrons. The highest BCUT2D eigenvalue weighted by Gasteiger charge is 2.29. The van der Waals surface area contributed by atoms with Gasteiger partial charge in [-0.15, -0.1) is 24.0 Å². The van der Waals surface area contributed by atoms with Crippen molar-refractivity contribution in [3.63, 3.8) is 0 Å². The minimum Gasteiger partial charge on any atom is -0.357 e. The molecular formula is C16H22F6IN3. The SMILES string of the molecule is CCNC(=NCc1ccc(C(F)(F)F)cc1)NCCCCC(F)(F)F.I. The van der Waals surface area contributed by atoms with Crippen LogP contribution in [0.2, 0.25) is 0 Å². The van der Waals surface area contributed by atoms with Gasteiger partial charge in [0.25, 0.3) is 0 Å². The maximum absolute atomic E-state index is 12.5. The van der Waals surface area contributed by atoms with Crippen LogP contribution in [0.1, 0.15) is 37.3 Å². The van der Waals surface area contributed by atoms with Crippen LogP contribution in [0.5, 0.6) is 0 Å². The summed E-state index contributed by atoms with van der Waals surface area (Å²) in [5.41, 5.74) is -0.128. The number of unbranched alkanes of at least 4 members (excludes halogenated alkanes) is 1. The third kappa shape index (κ3) is 10.7. The van der Waals surface area contributed by atoms with Crippen LogP contribution < -0.4 is 10.6 Å². The number of benzene rings is 1. The molecule has 0 bridgehead atoms. The van der Waals surface area contributed by atoms with Gasteiger partial charge in [0.1, 0.15) is 0 Å². The lowest BCUT2D eigenvalue weighted by molar-refractivity contribution is -0.137. The molecule has 0 heterocycles. The quantitative estimate of drug-likeness (QED) is 0.181. The van der Waals surface area contributed by atoms with Crippen molar-refractivity contribution in [2.75, 3.05) is 13.1 Å². The van der Waals surface area contributed by atoms with E-state index in [0.29, 0.717) is 31.0 Å². The minimum absolute atomic E-state index is 0. The number of hydrogen-bond donors (Lipinski definition) is 2. The average molecular weight is 497 g/mol. The summed E-state index contributed by atoms with van der Waals surface area (Å²) in [5, 5.41) is 5.84. The largest absolute Gasteiger partial charge is 0.416 e. The van der Waals surface area contributed by atoms with E-state index < -0.39 is 24.3 Å². The number of hydrogen-bond acceptors (Lipinski definition) is 1. The number of alkyl halides is 6. The van der Waals surface area contributed by atoms with Crippen LogP contribution in [0.15, 0.2) is 29.3 Å². The highest BCUT2D eigenvalue weighted by molar-refractivity contribution is 14.0. The number of guanidine groups is 1. The van der Waals surface area contributed by atoms with Gasteiger partial charge in [0, 0.05) is 19.5 Å². The molecule has 1 rings (SSSR count). The highest BCUT2D eigenvalue weighted by atomic mass is 127. The van der Waals surface area contributed by atoms with Crippen LogP contribution in [-0.2, 0) is 12.7 Å². The molecule has 26 heavy (non-hydrogen) atoms. The van der Waals surface area contributed by atoms with Crippen molar-refractivity contribution >= 4 is 29.9 Å². The second kappa shape index (κ2) is 11.5. The third-order valence-corrected chi connectivity index (χ3v) is 3.22. The van der Waals surface area contributed by atoms with E-state index in [-0.39, 0.29) is 36.9 Å². The van der Waals surface area contributed by atoms with Crippen LogP contribution in [0.4, 0.5) is 26.3 Å². The van der Waals surface area contributed by atoms with Gasteiger partial charge in [0.05, 0.1) is 12.1 Å². The first-order valence-corrected chi connectivity index (χ1v) is 7.87. The van der Waals surface area contributed by atoms with Crippen molar-refractivity contribution in [3.8, 4) is 0 Å².